The van der Waals surface area contributed by atoms with Crippen molar-refractivity contribution in [2.45, 2.75) is 129 Å². The summed E-state index contributed by atoms with van der Waals surface area (Å²) in [5.74, 6) is 6.13. The number of methoxy groups -OCH3 is 1. The molecule has 7 fully saturated rings. The number of hydrogen-bond donors (Lipinski definition) is 2. The molecule has 4 aromatic rings. The Balaban J connectivity index is 0.999. The Labute approximate surface area is 432 Å². The molecule has 0 unspecified atom stereocenters. The molecule has 7 aliphatic heterocycles. The standard InChI is InChI=1S/C56H69N9O7S/c1-32-29-71-51(32)52(66)59-47-50(63-18-20-70-21-19-63)53-58-44(30-73-53)37-23-36-8-7-13-64-48(36)41(26-37)43(27-56(4,5)31-72-55(68)46-38-24-40(25-38)65(60-46)54(47)67)49(64)42-22-35(28-57-45(42)34(3)69-6)10-9-33(2)61-14-16-62(17-15-61)39-11-12-39/h22-23,26,28,30,32-34,38-40,46-47,51,60H,7-8,11-21,24-25,27,29,31H2,1-6H3/p+1/t32-,33+,34-,38?,40?,46-,47-,51-/m0/s1. The van der Waals surface area contributed by atoms with Gasteiger partial charge in [0.25, 0.3) is 11.8 Å². The number of nitrogens with zero attached hydrogens (tertiary/aromatic N) is 7. The predicted molar refractivity (Wildman–Crippen MR) is 277 cm³/mol. The van der Waals surface area contributed by atoms with Gasteiger partial charge in [0.05, 0.1) is 48.0 Å². The third kappa shape index (κ3) is 9.22. The van der Waals surface area contributed by atoms with E-state index in [1.165, 1.54) is 35.3 Å². The molecule has 10 heterocycles. The van der Waals surface area contributed by atoms with Crippen LogP contribution in [0.5, 0.6) is 0 Å². The summed E-state index contributed by atoms with van der Waals surface area (Å²) in [4.78, 5) is 59.6. The van der Waals surface area contributed by atoms with Crippen molar-refractivity contribution in [1.29, 1.82) is 0 Å². The van der Waals surface area contributed by atoms with Crippen molar-refractivity contribution in [3.05, 3.63) is 57.2 Å². The molecule has 9 aliphatic rings. The van der Waals surface area contributed by atoms with Crippen molar-refractivity contribution in [3.63, 3.8) is 0 Å². The minimum Gasteiger partial charge on any atom is -0.464 e. The highest BCUT2D eigenvalue weighted by Gasteiger charge is 2.53. The summed E-state index contributed by atoms with van der Waals surface area (Å²) in [6, 6.07) is 5.71. The average Bonchev–Trinajstić information content (AvgIpc) is 4.05. The highest BCUT2D eigenvalue weighted by molar-refractivity contribution is 7.12. The summed E-state index contributed by atoms with van der Waals surface area (Å²) in [6.07, 6.45) is 7.34. The molecular formula is C56H70N9O7S+. The predicted octanol–water partition coefficient (Wildman–Crippen LogP) is 4.97. The lowest BCUT2D eigenvalue weighted by Crippen LogP contribution is -2.72. The number of hydrazine groups is 1. The number of esters is 1. The van der Waals surface area contributed by atoms with Crippen LogP contribution in [0.15, 0.2) is 29.8 Å². The molecule has 2 amide bonds. The number of thiazole rings is 1. The van der Waals surface area contributed by atoms with Gasteiger partial charge in [-0.2, -0.15) is 0 Å². The Morgan fingerprint density at radius 1 is 1.05 bits per heavy atom. The molecule has 5 saturated heterocycles. The van der Waals surface area contributed by atoms with Gasteiger partial charge in [-0.15, -0.1) is 11.3 Å². The van der Waals surface area contributed by atoms with E-state index in [0.29, 0.717) is 62.9 Å². The number of piperazine rings is 1. The summed E-state index contributed by atoms with van der Waals surface area (Å²) >= 11 is 1.48. The van der Waals surface area contributed by atoms with E-state index in [0.717, 1.165) is 96.3 Å². The maximum atomic E-state index is 15.3. The highest BCUT2D eigenvalue weighted by Crippen LogP contribution is 2.46. The lowest BCUT2D eigenvalue weighted by Gasteiger charge is -2.53. The largest absolute Gasteiger partial charge is 0.464 e. The number of cyclic esters (lactones) is 1. The van der Waals surface area contributed by atoms with Crippen molar-refractivity contribution in [2.75, 3.05) is 72.8 Å². The van der Waals surface area contributed by atoms with Gasteiger partial charge >= 0.3 is 5.97 Å². The molecule has 13 rings (SSSR count). The van der Waals surface area contributed by atoms with Crippen LogP contribution in [0.2, 0.25) is 0 Å². The number of aryl methyl sites for hydroxylation is 2. The van der Waals surface area contributed by atoms with E-state index in [9.17, 15) is 9.59 Å². The van der Waals surface area contributed by atoms with Crippen molar-refractivity contribution in [2.24, 2.45) is 17.3 Å². The number of rotatable bonds is 7. The van der Waals surface area contributed by atoms with Crippen LogP contribution in [0, 0.1) is 29.1 Å². The van der Waals surface area contributed by atoms with Crippen molar-refractivity contribution in [3.8, 4) is 34.4 Å². The van der Waals surface area contributed by atoms with Crippen LogP contribution in [0.25, 0.3) is 33.4 Å². The maximum absolute atomic E-state index is 15.3. The zero-order valence-corrected chi connectivity index (χ0v) is 44.0. The van der Waals surface area contributed by atoms with E-state index in [-0.39, 0.29) is 54.4 Å². The van der Waals surface area contributed by atoms with Crippen LogP contribution < -0.4 is 10.7 Å². The first-order valence-corrected chi connectivity index (χ1v) is 27.7. The molecule has 73 heavy (non-hydrogen) atoms. The molecule has 1 aromatic carbocycles. The summed E-state index contributed by atoms with van der Waals surface area (Å²) in [5.41, 5.74) is 12.6. The number of nitrogens with one attached hydrogen (secondary N) is 2. The number of pyridine rings is 1. The molecule has 0 spiro atoms. The zero-order valence-electron chi connectivity index (χ0n) is 43.2. The van der Waals surface area contributed by atoms with Crippen LogP contribution in [0.1, 0.15) is 100 Å². The van der Waals surface area contributed by atoms with Gasteiger partial charge < -0.3 is 28.8 Å². The minimum absolute atomic E-state index is 0.00765. The van der Waals surface area contributed by atoms with Gasteiger partial charge in [-0.05, 0) is 94.0 Å². The van der Waals surface area contributed by atoms with Gasteiger partial charge in [0.15, 0.2) is 24.1 Å². The van der Waals surface area contributed by atoms with Gasteiger partial charge in [-0.25, -0.2) is 15.0 Å². The summed E-state index contributed by atoms with van der Waals surface area (Å²) in [6.45, 7) is 18.3. The van der Waals surface area contributed by atoms with E-state index in [4.69, 9.17) is 28.9 Å². The molecule has 8 bridgehead atoms. The second-order valence-electron chi connectivity index (χ2n) is 22.7. The van der Waals surface area contributed by atoms with Crippen molar-refractivity contribution >= 4 is 45.7 Å². The number of morpholine rings is 1. The number of amides is 2. The number of carbonyl (C=O) groups is 3. The summed E-state index contributed by atoms with van der Waals surface area (Å²) in [7, 11) is 1.73. The van der Waals surface area contributed by atoms with Gasteiger partial charge in [0, 0.05) is 96.9 Å². The number of ether oxygens (including phenoxy) is 4. The maximum Gasteiger partial charge on any atom is 0.325 e. The fraction of sp³-hybridized carbons (Fsp3) is 0.607. The normalized spacial score (nSPS) is 28.3. The number of benzene rings is 1. The first kappa shape index (κ1) is 48.9. The van der Waals surface area contributed by atoms with Gasteiger partial charge in [0.1, 0.15) is 25.4 Å². The summed E-state index contributed by atoms with van der Waals surface area (Å²) < 4.78 is 28.7. The van der Waals surface area contributed by atoms with Gasteiger partial charge in [-0.1, -0.05) is 32.6 Å². The van der Waals surface area contributed by atoms with E-state index in [2.05, 4.69) is 92.8 Å². The molecule has 17 heteroatoms. The van der Waals surface area contributed by atoms with Gasteiger partial charge in [0.2, 0.25) is 5.71 Å². The number of aromatic nitrogens is 3. The molecule has 386 valence electrons. The highest BCUT2D eigenvalue weighted by atomic mass is 32.1. The first-order valence-electron chi connectivity index (χ1n) is 26.9. The fourth-order valence-corrected chi connectivity index (χ4v) is 13.4. The first-order chi connectivity index (χ1) is 35.3. The van der Waals surface area contributed by atoms with Crippen LogP contribution in [-0.2, 0) is 52.7 Å². The van der Waals surface area contributed by atoms with Crippen molar-refractivity contribution < 1.29 is 37.9 Å². The lowest BCUT2D eigenvalue weighted by molar-refractivity contribution is -0.550. The summed E-state index contributed by atoms with van der Waals surface area (Å²) in [5, 5.41) is 8.62. The van der Waals surface area contributed by atoms with E-state index >= 15 is 4.79 Å². The number of fused-ring (bicyclic) bond motifs is 4. The Bertz CT molecular complexity index is 2930. The number of hydrogen-bond acceptors (Lipinski definition) is 13. The Kier molecular flexibility index (Phi) is 13.1. The molecule has 2 N–H and O–H groups in total. The topological polar surface area (TPSA) is 156 Å². The fourth-order valence-electron chi connectivity index (χ4n) is 12.4. The third-order valence-electron chi connectivity index (χ3n) is 17.0. The smallest absolute Gasteiger partial charge is 0.325 e. The molecular weight excluding hydrogens is 943 g/mol. The SMILES string of the molecule is CO[C@@H](C)c1ncc(C#C[C@@H](C)N2CCN(C3CC3)CC2)cc1-c1c2c3cc(cc4c3n1CCC4)-c1csc(n1)C(=[N+]1CCOCC1)[C@H](NC(=O)[C@H]1OC[C@@H]1C)C(=O)N1N[C@H](C(=O)OCC(C)(C)C2)C2CC1C2. The monoisotopic (exact) mass is 1010 g/mol. The zero-order chi connectivity index (χ0) is 50.3. The molecule has 2 aliphatic carbocycles. The van der Waals surface area contributed by atoms with E-state index < -0.39 is 23.6 Å². The van der Waals surface area contributed by atoms with Crippen LogP contribution in [-0.4, -0.2) is 167 Å². The molecule has 0 radical (unpaired) electrons. The molecule has 3 aromatic heterocycles. The average molecular weight is 1010 g/mol. The van der Waals surface area contributed by atoms with Crippen LogP contribution >= 0.6 is 11.3 Å². The van der Waals surface area contributed by atoms with Crippen molar-refractivity contribution in [1.82, 2.24) is 40.1 Å². The Morgan fingerprint density at radius 2 is 1.85 bits per heavy atom. The lowest BCUT2D eigenvalue weighted by atomic mass is 9.73. The minimum atomic E-state index is -1.12. The van der Waals surface area contributed by atoms with E-state index in [1.807, 2.05) is 13.1 Å². The molecule has 2 saturated carbocycles. The third-order valence-corrected chi connectivity index (χ3v) is 17.8. The number of carbonyl (C=O) groups excluding carboxylic acids is 3. The van der Waals surface area contributed by atoms with Crippen LogP contribution in [0.4, 0.5) is 0 Å². The molecule has 16 nitrogen and oxygen atoms in total. The Morgan fingerprint density at radius 3 is 2.58 bits per heavy atom. The van der Waals surface area contributed by atoms with Gasteiger partial charge in [-0.3, -0.25) is 34.2 Å². The Hall–Kier alpha value is -5.06. The molecule has 6 atom stereocenters. The van der Waals surface area contributed by atoms with Crippen LogP contribution in [0.3, 0.4) is 0 Å². The second-order valence-corrected chi connectivity index (χ2v) is 23.6. The quantitative estimate of drug-likeness (QED) is 0.146. The van der Waals surface area contributed by atoms with E-state index in [1.54, 1.807) is 12.1 Å². The second kappa shape index (κ2) is 19.6.